The summed E-state index contributed by atoms with van der Waals surface area (Å²) in [5.41, 5.74) is 2.63. The molecule has 37 heavy (non-hydrogen) atoms. The minimum absolute atomic E-state index is 0.136. The third kappa shape index (κ3) is 5.58. The Morgan fingerprint density at radius 2 is 1.70 bits per heavy atom. The molecular formula is C27H26F3N5O2. The number of nitrogens with zero attached hydrogens (tertiary/aromatic N) is 4. The zero-order valence-electron chi connectivity index (χ0n) is 20.3. The predicted molar refractivity (Wildman–Crippen MR) is 134 cm³/mol. The molecule has 0 bridgehead atoms. The number of anilines is 1. The summed E-state index contributed by atoms with van der Waals surface area (Å²) in [5.74, 6) is 1.35. The van der Waals surface area contributed by atoms with Gasteiger partial charge in [0.05, 0.1) is 23.2 Å². The number of nitrogens with one attached hydrogen (secondary N) is 1. The molecule has 0 amide bonds. The van der Waals surface area contributed by atoms with Crippen LogP contribution in [0.5, 0.6) is 0 Å². The largest absolute Gasteiger partial charge is 0.466 e. The molecule has 1 saturated heterocycles. The Kier molecular flexibility index (Phi) is 6.82. The van der Waals surface area contributed by atoms with Gasteiger partial charge in [-0.15, -0.1) is 0 Å². The number of rotatable bonds is 6. The highest BCUT2D eigenvalue weighted by molar-refractivity contribution is 5.80. The summed E-state index contributed by atoms with van der Waals surface area (Å²) in [6.07, 6.45) is 1.40. The van der Waals surface area contributed by atoms with Crippen LogP contribution in [0.2, 0.25) is 0 Å². The van der Waals surface area contributed by atoms with E-state index in [-0.39, 0.29) is 5.97 Å². The van der Waals surface area contributed by atoms with Crippen LogP contribution in [0.1, 0.15) is 31.7 Å². The van der Waals surface area contributed by atoms with Crippen molar-refractivity contribution in [3.05, 3.63) is 60.4 Å². The highest BCUT2D eigenvalue weighted by Crippen LogP contribution is 2.32. The summed E-state index contributed by atoms with van der Waals surface area (Å²) in [4.78, 5) is 30.3. The molecule has 0 unspecified atom stereocenters. The zero-order valence-corrected chi connectivity index (χ0v) is 20.3. The van der Waals surface area contributed by atoms with Crippen molar-refractivity contribution in [2.24, 2.45) is 5.92 Å². The molecule has 0 spiro atoms. The van der Waals surface area contributed by atoms with Gasteiger partial charge in [0, 0.05) is 43.0 Å². The van der Waals surface area contributed by atoms with Gasteiger partial charge in [0.25, 0.3) is 0 Å². The van der Waals surface area contributed by atoms with Crippen molar-refractivity contribution >= 4 is 23.0 Å². The van der Waals surface area contributed by atoms with E-state index in [0.29, 0.717) is 41.8 Å². The number of hydrogen-bond donors (Lipinski definition) is 1. The molecule has 1 fully saturated rings. The van der Waals surface area contributed by atoms with E-state index in [9.17, 15) is 18.0 Å². The fourth-order valence-electron chi connectivity index (χ4n) is 4.57. The standard InChI is InChI=1S/C27H26F3N5O2/c1-2-37-24(36)13-17-9-11-35(12-10-17)26-31-15-20(16-32-26)18-3-5-19(6-4-18)25-33-22-8-7-21(27(28,29)30)14-23(22)34-25/h3-8,14-17H,2,9-13H2,1H3,(H,33,34). The molecule has 2 aromatic heterocycles. The van der Waals surface area contributed by atoms with Crippen LogP contribution in [0.3, 0.4) is 0 Å². The van der Waals surface area contributed by atoms with E-state index in [0.717, 1.165) is 54.8 Å². The van der Waals surface area contributed by atoms with Crippen molar-refractivity contribution < 1.29 is 22.7 Å². The van der Waals surface area contributed by atoms with Crippen LogP contribution in [-0.4, -0.2) is 45.6 Å². The maximum Gasteiger partial charge on any atom is 0.416 e. The molecule has 5 rings (SSSR count). The quantitative estimate of drug-likeness (QED) is 0.327. The van der Waals surface area contributed by atoms with E-state index >= 15 is 0 Å². The summed E-state index contributed by atoms with van der Waals surface area (Å²) in [6.45, 7) is 3.81. The topological polar surface area (TPSA) is 84.0 Å². The van der Waals surface area contributed by atoms with Crippen molar-refractivity contribution in [1.29, 1.82) is 0 Å². The maximum absolute atomic E-state index is 13.0. The normalized spacial score (nSPS) is 14.8. The summed E-state index contributed by atoms with van der Waals surface area (Å²) < 4.78 is 44.1. The number of hydrogen-bond acceptors (Lipinski definition) is 6. The number of carbonyl (C=O) groups is 1. The number of imidazole rings is 1. The fraction of sp³-hybridized carbons (Fsp3) is 0.333. The minimum Gasteiger partial charge on any atom is -0.466 e. The number of carbonyl (C=O) groups excluding carboxylic acids is 1. The van der Waals surface area contributed by atoms with Gasteiger partial charge in [-0.2, -0.15) is 13.2 Å². The lowest BCUT2D eigenvalue weighted by atomic mass is 9.94. The number of fused-ring (bicyclic) bond motifs is 1. The van der Waals surface area contributed by atoms with Crippen LogP contribution in [0.15, 0.2) is 54.9 Å². The fourth-order valence-corrected chi connectivity index (χ4v) is 4.57. The Balaban J connectivity index is 1.24. The molecule has 1 aliphatic rings. The minimum atomic E-state index is -4.40. The van der Waals surface area contributed by atoms with Crippen molar-refractivity contribution in [2.45, 2.75) is 32.4 Å². The monoisotopic (exact) mass is 509 g/mol. The van der Waals surface area contributed by atoms with Crippen LogP contribution in [0.4, 0.5) is 19.1 Å². The first-order chi connectivity index (χ1) is 17.8. The molecular weight excluding hydrogens is 483 g/mol. The molecule has 1 N–H and O–H groups in total. The van der Waals surface area contributed by atoms with E-state index in [2.05, 4.69) is 24.8 Å². The smallest absolute Gasteiger partial charge is 0.416 e. The molecule has 0 radical (unpaired) electrons. The van der Waals surface area contributed by atoms with E-state index in [4.69, 9.17) is 4.74 Å². The lowest BCUT2D eigenvalue weighted by Gasteiger charge is -2.31. The van der Waals surface area contributed by atoms with Gasteiger partial charge in [-0.05, 0) is 49.4 Å². The van der Waals surface area contributed by atoms with Gasteiger partial charge >= 0.3 is 12.1 Å². The molecule has 7 nitrogen and oxygen atoms in total. The second-order valence-corrected chi connectivity index (χ2v) is 9.10. The second-order valence-electron chi connectivity index (χ2n) is 9.10. The molecule has 192 valence electrons. The van der Waals surface area contributed by atoms with Crippen LogP contribution in [-0.2, 0) is 15.7 Å². The Morgan fingerprint density at radius 3 is 2.35 bits per heavy atom. The highest BCUT2D eigenvalue weighted by Gasteiger charge is 2.30. The number of aromatic nitrogens is 4. The van der Waals surface area contributed by atoms with Crippen molar-refractivity contribution in [3.8, 4) is 22.5 Å². The van der Waals surface area contributed by atoms with Gasteiger partial charge < -0.3 is 14.6 Å². The number of alkyl halides is 3. The number of benzene rings is 2. The van der Waals surface area contributed by atoms with Crippen LogP contribution >= 0.6 is 0 Å². The first-order valence-corrected chi connectivity index (χ1v) is 12.2. The molecule has 4 aromatic rings. The number of piperidine rings is 1. The number of ether oxygens (including phenoxy) is 1. The summed E-state index contributed by atoms with van der Waals surface area (Å²) in [7, 11) is 0. The average Bonchev–Trinajstić information content (AvgIpc) is 3.33. The molecule has 0 saturated carbocycles. The van der Waals surface area contributed by atoms with Crippen LogP contribution < -0.4 is 4.90 Å². The summed E-state index contributed by atoms with van der Waals surface area (Å²) in [6, 6.07) is 11.0. The van der Waals surface area contributed by atoms with E-state index < -0.39 is 11.7 Å². The van der Waals surface area contributed by atoms with Gasteiger partial charge in [-0.3, -0.25) is 4.79 Å². The van der Waals surface area contributed by atoms with Crippen molar-refractivity contribution in [2.75, 3.05) is 24.6 Å². The Labute approximate surface area is 211 Å². The lowest BCUT2D eigenvalue weighted by molar-refractivity contribution is -0.144. The maximum atomic E-state index is 13.0. The Morgan fingerprint density at radius 1 is 1.03 bits per heavy atom. The van der Waals surface area contributed by atoms with E-state index in [1.807, 2.05) is 31.2 Å². The first-order valence-electron chi connectivity index (χ1n) is 12.2. The van der Waals surface area contributed by atoms with E-state index in [1.165, 1.54) is 6.07 Å². The van der Waals surface area contributed by atoms with Gasteiger partial charge in [0.1, 0.15) is 5.82 Å². The number of halogens is 3. The Bertz CT molecular complexity index is 1380. The molecule has 2 aromatic carbocycles. The van der Waals surface area contributed by atoms with Crippen LogP contribution in [0, 0.1) is 5.92 Å². The number of esters is 1. The van der Waals surface area contributed by atoms with Gasteiger partial charge in [0.2, 0.25) is 5.95 Å². The molecule has 0 atom stereocenters. The van der Waals surface area contributed by atoms with Crippen molar-refractivity contribution in [3.63, 3.8) is 0 Å². The number of H-pyrrole nitrogens is 1. The van der Waals surface area contributed by atoms with Gasteiger partial charge in [0.15, 0.2) is 0 Å². The summed E-state index contributed by atoms with van der Waals surface area (Å²) in [5, 5.41) is 0. The van der Waals surface area contributed by atoms with Crippen LogP contribution in [0.25, 0.3) is 33.5 Å². The van der Waals surface area contributed by atoms with E-state index in [1.54, 1.807) is 12.4 Å². The van der Waals surface area contributed by atoms with Gasteiger partial charge in [-0.1, -0.05) is 24.3 Å². The molecule has 1 aliphatic heterocycles. The highest BCUT2D eigenvalue weighted by atomic mass is 19.4. The zero-order chi connectivity index (χ0) is 26.0. The van der Waals surface area contributed by atoms with Crippen molar-refractivity contribution in [1.82, 2.24) is 19.9 Å². The lowest BCUT2D eigenvalue weighted by Crippen LogP contribution is -2.35. The molecule has 10 heteroatoms. The Hall–Kier alpha value is -3.95. The molecule has 0 aliphatic carbocycles. The third-order valence-electron chi connectivity index (χ3n) is 6.60. The SMILES string of the molecule is CCOC(=O)CC1CCN(c2ncc(-c3ccc(-c4nc5ccc(C(F)(F)F)cc5[nH]4)cc3)cn2)CC1. The average molecular weight is 510 g/mol. The molecule has 3 heterocycles. The predicted octanol–water partition coefficient (Wildman–Crippen LogP) is 5.88. The first kappa shape index (κ1) is 24.7. The third-order valence-corrected chi connectivity index (χ3v) is 6.60. The summed E-state index contributed by atoms with van der Waals surface area (Å²) >= 11 is 0. The second kappa shape index (κ2) is 10.2. The van der Waals surface area contributed by atoms with Gasteiger partial charge in [-0.25, -0.2) is 15.0 Å². The number of aromatic amines is 1.